The van der Waals surface area contributed by atoms with Crippen LogP contribution in [0.2, 0.25) is 0 Å². The molecule has 10 heteroatoms. The fourth-order valence-electron chi connectivity index (χ4n) is 4.81. The number of nitrogens with zero attached hydrogens (tertiary/aromatic N) is 6. The van der Waals surface area contributed by atoms with Gasteiger partial charge in [0.25, 0.3) is 0 Å². The molecule has 2 N–H and O–H groups in total. The normalized spacial score (nSPS) is 22.2. The molecular formula is C23H26FN7OS. The van der Waals surface area contributed by atoms with Crippen LogP contribution >= 0.6 is 11.8 Å². The lowest BCUT2D eigenvalue weighted by Gasteiger charge is -2.43. The molecule has 2 fully saturated rings. The molecule has 5 rings (SSSR count). The summed E-state index contributed by atoms with van der Waals surface area (Å²) in [5.41, 5.74) is 1.02. The summed E-state index contributed by atoms with van der Waals surface area (Å²) >= 11 is 1.32. The third-order valence-corrected chi connectivity index (χ3v) is 7.13. The number of phenolic OH excluding ortho intramolecular Hbond substituents is 1. The molecule has 8 nitrogen and oxygen atoms in total. The van der Waals surface area contributed by atoms with E-state index in [-0.39, 0.29) is 11.4 Å². The predicted molar refractivity (Wildman–Crippen MR) is 126 cm³/mol. The first-order chi connectivity index (χ1) is 16.0. The van der Waals surface area contributed by atoms with Gasteiger partial charge in [-0.15, -0.1) is 10.2 Å². The maximum atomic E-state index is 14.2. The quantitative estimate of drug-likeness (QED) is 0.430. The molecule has 1 unspecified atom stereocenters. The Morgan fingerprint density at radius 3 is 2.58 bits per heavy atom. The van der Waals surface area contributed by atoms with Gasteiger partial charge in [0.2, 0.25) is 0 Å². The van der Waals surface area contributed by atoms with E-state index in [2.05, 4.69) is 35.4 Å². The van der Waals surface area contributed by atoms with Gasteiger partial charge in [0.05, 0.1) is 18.0 Å². The highest BCUT2D eigenvalue weighted by atomic mass is 32.2. The molecule has 4 heterocycles. The highest BCUT2D eigenvalue weighted by Crippen LogP contribution is 2.33. The summed E-state index contributed by atoms with van der Waals surface area (Å²) in [4.78, 5) is 14.8. The summed E-state index contributed by atoms with van der Waals surface area (Å²) in [7, 11) is 2.04. The van der Waals surface area contributed by atoms with E-state index in [1.54, 1.807) is 18.3 Å². The number of hydrogen-bond donors (Lipinski definition) is 2. The van der Waals surface area contributed by atoms with E-state index in [1.165, 1.54) is 37.1 Å². The minimum Gasteiger partial charge on any atom is -0.507 e. The zero-order valence-corrected chi connectivity index (χ0v) is 19.4. The number of thioether (sulfide) groups is 1. The largest absolute Gasteiger partial charge is 0.507 e. The van der Waals surface area contributed by atoms with Gasteiger partial charge in [0.15, 0.2) is 22.6 Å². The molecule has 0 saturated carbocycles. The summed E-state index contributed by atoms with van der Waals surface area (Å²) in [5.74, 6) is 0.413. The molecule has 2 saturated heterocycles. The first kappa shape index (κ1) is 22.0. The number of phenols is 1. The number of aromatic nitrogens is 5. The number of benzene rings is 1. The number of halogens is 1. The second kappa shape index (κ2) is 9.18. The van der Waals surface area contributed by atoms with Crippen molar-refractivity contribution in [3.05, 3.63) is 36.4 Å². The van der Waals surface area contributed by atoms with E-state index in [1.807, 2.05) is 13.3 Å². The van der Waals surface area contributed by atoms with E-state index in [9.17, 15) is 9.50 Å². The monoisotopic (exact) mass is 467 g/mol. The Labute approximate surface area is 196 Å². The highest BCUT2D eigenvalue weighted by Gasteiger charge is 2.33. The number of hydrogen-bond acceptors (Lipinski definition) is 9. The van der Waals surface area contributed by atoms with E-state index in [4.69, 9.17) is 0 Å². The fraction of sp³-hybridized carbons (Fsp3) is 0.435. The molecule has 2 aliphatic heterocycles. The molecule has 3 aromatic rings. The Morgan fingerprint density at radius 1 is 1.12 bits per heavy atom. The second-order valence-corrected chi connectivity index (χ2v) is 9.43. The molecule has 0 spiro atoms. The number of anilines is 1. The van der Waals surface area contributed by atoms with Crippen molar-refractivity contribution in [2.24, 2.45) is 0 Å². The zero-order valence-electron chi connectivity index (χ0n) is 18.6. The predicted octanol–water partition coefficient (Wildman–Crippen LogP) is 3.67. The first-order valence-electron chi connectivity index (χ1n) is 11.1. The van der Waals surface area contributed by atoms with Gasteiger partial charge in [-0.2, -0.15) is 0 Å². The van der Waals surface area contributed by atoms with Crippen molar-refractivity contribution in [2.75, 3.05) is 18.2 Å². The number of nitrogens with one attached hydrogen (secondary N) is 1. The van der Waals surface area contributed by atoms with Crippen molar-refractivity contribution in [3.8, 4) is 28.4 Å². The third-order valence-electron chi connectivity index (χ3n) is 6.56. The SMILES string of the molecule is CSc1ncc(F)c(-c2ccc(-c3ncc(N(C)C4C[C@H]5CCC[C@@H](C4)N5)nn3)c(O)c2)n1. The highest BCUT2D eigenvalue weighted by molar-refractivity contribution is 7.98. The van der Waals surface area contributed by atoms with Gasteiger partial charge in [-0.25, -0.2) is 19.3 Å². The van der Waals surface area contributed by atoms with Crippen molar-refractivity contribution in [3.63, 3.8) is 0 Å². The van der Waals surface area contributed by atoms with Crippen LogP contribution in [0.15, 0.2) is 35.7 Å². The van der Waals surface area contributed by atoms with Gasteiger partial charge in [-0.05, 0) is 44.1 Å². The van der Waals surface area contributed by atoms with Crippen molar-refractivity contribution in [2.45, 2.75) is 55.4 Å². The lowest BCUT2D eigenvalue weighted by atomic mass is 9.83. The van der Waals surface area contributed by atoms with Crippen molar-refractivity contribution in [1.82, 2.24) is 30.5 Å². The second-order valence-electron chi connectivity index (χ2n) is 8.65. The Balaban J connectivity index is 1.35. The Kier molecular flexibility index (Phi) is 6.11. The summed E-state index contributed by atoms with van der Waals surface area (Å²) in [6, 6.07) is 6.35. The zero-order chi connectivity index (χ0) is 22.9. The van der Waals surface area contributed by atoms with Crippen LogP contribution in [0.25, 0.3) is 22.6 Å². The van der Waals surface area contributed by atoms with Gasteiger partial charge < -0.3 is 15.3 Å². The van der Waals surface area contributed by atoms with Crippen LogP contribution in [-0.4, -0.2) is 61.7 Å². The van der Waals surface area contributed by atoms with Gasteiger partial charge in [-0.3, -0.25) is 0 Å². The first-order valence-corrected chi connectivity index (χ1v) is 12.3. The van der Waals surface area contributed by atoms with Crippen LogP contribution in [0.1, 0.15) is 32.1 Å². The maximum absolute atomic E-state index is 14.2. The van der Waals surface area contributed by atoms with E-state index in [0.29, 0.717) is 46.1 Å². The molecule has 33 heavy (non-hydrogen) atoms. The van der Waals surface area contributed by atoms with Crippen molar-refractivity contribution < 1.29 is 9.50 Å². The van der Waals surface area contributed by atoms with E-state index < -0.39 is 5.82 Å². The van der Waals surface area contributed by atoms with Crippen LogP contribution in [0.3, 0.4) is 0 Å². The molecule has 3 atom stereocenters. The number of aromatic hydroxyl groups is 1. The summed E-state index contributed by atoms with van der Waals surface area (Å²) < 4.78 is 14.2. The van der Waals surface area contributed by atoms with Crippen molar-refractivity contribution >= 4 is 17.6 Å². The summed E-state index contributed by atoms with van der Waals surface area (Å²) in [6.07, 6.45) is 10.6. The van der Waals surface area contributed by atoms with E-state index in [0.717, 1.165) is 19.0 Å². The van der Waals surface area contributed by atoms with Crippen molar-refractivity contribution in [1.29, 1.82) is 0 Å². The maximum Gasteiger partial charge on any atom is 0.187 e. The molecular weight excluding hydrogens is 441 g/mol. The topological polar surface area (TPSA) is 100.0 Å². The average Bonchev–Trinajstić information content (AvgIpc) is 2.84. The minimum atomic E-state index is -0.549. The lowest BCUT2D eigenvalue weighted by molar-refractivity contribution is 0.219. The molecule has 0 aliphatic carbocycles. The van der Waals surface area contributed by atoms with Crippen LogP contribution < -0.4 is 10.2 Å². The van der Waals surface area contributed by atoms with Gasteiger partial charge >= 0.3 is 0 Å². The third kappa shape index (κ3) is 4.49. The smallest absolute Gasteiger partial charge is 0.187 e. The van der Waals surface area contributed by atoms with Crippen LogP contribution in [0.5, 0.6) is 5.75 Å². The molecule has 172 valence electrons. The summed E-state index contributed by atoms with van der Waals surface area (Å²) in [6.45, 7) is 0. The number of rotatable bonds is 5. The Morgan fingerprint density at radius 2 is 1.91 bits per heavy atom. The number of fused-ring (bicyclic) bond motifs is 2. The Bertz CT molecular complexity index is 1130. The van der Waals surface area contributed by atoms with Crippen LogP contribution in [0.4, 0.5) is 10.2 Å². The summed E-state index contributed by atoms with van der Waals surface area (Å²) in [5, 5.41) is 23.4. The van der Waals surface area contributed by atoms with E-state index >= 15 is 0 Å². The molecule has 0 radical (unpaired) electrons. The van der Waals surface area contributed by atoms with Gasteiger partial charge in [0, 0.05) is 30.7 Å². The standard InChI is InChI=1S/C23H26FN7OS/c1-31(16-9-14-4-3-5-15(10-16)27-14)20-12-25-22(30-29-20)17-7-6-13(8-19(17)32)21-18(24)11-26-23(28-21)33-2/h6-8,11-12,14-16,27,32H,3-5,9-10H2,1-2H3/t14-,15+,16?. The fourth-order valence-corrected chi connectivity index (χ4v) is 5.15. The molecule has 2 bridgehead atoms. The Hall–Kier alpha value is -2.85. The lowest BCUT2D eigenvalue weighted by Crippen LogP contribution is -2.54. The molecule has 0 amide bonds. The molecule has 2 aliphatic rings. The molecule has 1 aromatic carbocycles. The number of piperidine rings is 2. The van der Waals surface area contributed by atoms with Gasteiger partial charge in [0.1, 0.15) is 11.4 Å². The average molecular weight is 468 g/mol. The van der Waals surface area contributed by atoms with Crippen LogP contribution in [0, 0.1) is 5.82 Å². The minimum absolute atomic E-state index is 0.0645. The van der Waals surface area contributed by atoms with Gasteiger partial charge in [-0.1, -0.05) is 24.2 Å². The molecule has 2 aromatic heterocycles. The van der Waals surface area contributed by atoms with Crippen LogP contribution in [-0.2, 0) is 0 Å².